The molecule has 4 atom stereocenters. The van der Waals surface area contributed by atoms with Crippen LogP contribution in [0.4, 0.5) is 0 Å². The van der Waals surface area contributed by atoms with Gasteiger partial charge < -0.3 is 5.11 Å². The lowest BCUT2D eigenvalue weighted by molar-refractivity contribution is -0.0868. The SMILES string of the molecule is CCC(C#N)C1(O)CC(C)CCC1C. The van der Waals surface area contributed by atoms with Crippen LogP contribution in [0.5, 0.6) is 0 Å². The van der Waals surface area contributed by atoms with Crippen LogP contribution in [0.1, 0.15) is 46.5 Å². The predicted molar refractivity (Wildman–Crippen MR) is 56.5 cm³/mol. The first-order valence-electron chi connectivity index (χ1n) is 5.66. The Morgan fingerprint density at radius 3 is 2.64 bits per heavy atom. The summed E-state index contributed by atoms with van der Waals surface area (Å²) in [6, 6.07) is 2.26. The van der Waals surface area contributed by atoms with Crippen molar-refractivity contribution in [2.24, 2.45) is 17.8 Å². The summed E-state index contributed by atoms with van der Waals surface area (Å²) in [6.45, 7) is 6.23. The third-order valence-corrected chi connectivity index (χ3v) is 3.79. The van der Waals surface area contributed by atoms with E-state index in [-0.39, 0.29) is 11.8 Å². The lowest BCUT2D eigenvalue weighted by Gasteiger charge is -2.43. The smallest absolute Gasteiger partial charge is 0.0833 e. The van der Waals surface area contributed by atoms with Gasteiger partial charge in [0.25, 0.3) is 0 Å². The molecule has 0 amide bonds. The zero-order valence-electron chi connectivity index (χ0n) is 9.45. The summed E-state index contributed by atoms with van der Waals surface area (Å²) in [5.74, 6) is 0.627. The maximum absolute atomic E-state index is 10.5. The van der Waals surface area contributed by atoms with Gasteiger partial charge in [-0.2, -0.15) is 5.26 Å². The fourth-order valence-electron chi connectivity index (χ4n) is 2.69. The molecule has 0 heterocycles. The first-order valence-corrected chi connectivity index (χ1v) is 5.66. The molecule has 0 bridgehead atoms. The highest BCUT2D eigenvalue weighted by Crippen LogP contribution is 2.42. The Labute approximate surface area is 86.9 Å². The first kappa shape index (κ1) is 11.5. The molecule has 80 valence electrons. The number of hydrogen-bond acceptors (Lipinski definition) is 2. The topological polar surface area (TPSA) is 44.0 Å². The first-order chi connectivity index (χ1) is 6.54. The lowest BCUT2D eigenvalue weighted by Crippen LogP contribution is -2.47. The van der Waals surface area contributed by atoms with E-state index in [2.05, 4.69) is 19.9 Å². The fraction of sp³-hybridized carbons (Fsp3) is 0.917. The monoisotopic (exact) mass is 195 g/mol. The Morgan fingerprint density at radius 2 is 2.14 bits per heavy atom. The summed E-state index contributed by atoms with van der Waals surface area (Å²) < 4.78 is 0. The van der Waals surface area contributed by atoms with Crippen molar-refractivity contribution in [1.29, 1.82) is 5.26 Å². The van der Waals surface area contributed by atoms with E-state index in [4.69, 9.17) is 5.26 Å². The van der Waals surface area contributed by atoms with Crippen LogP contribution in [0.25, 0.3) is 0 Å². The third-order valence-electron chi connectivity index (χ3n) is 3.79. The molecule has 1 aliphatic rings. The van der Waals surface area contributed by atoms with Crippen molar-refractivity contribution < 1.29 is 5.11 Å². The van der Waals surface area contributed by atoms with Gasteiger partial charge in [-0.15, -0.1) is 0 Å². The Hall–Kier alpha value is -0.550. The number of rotatable bonds is 2. The summed E-state index contributed by atoms with van der Waals surface area (Å²) in [5, 5.41) is 19.6. The van der Waals surface area contributed by atoms with Gasteiger partial charge in [-0.25, -0.2) is 0 Å². The average molecular weight is 195 g/mol. The quantitative estimate of drug-likeness (QED) is 0.736. The van der Waals surface area contributed by atoms with Gasteiger partial charge in [0.2, 0.25) is 0 Å². The Bertz CT molecular complexity index is 233. The van der Waals surface area contributed by atoms with Crippen molar-refractivity contribution in [2.75, 3.05) is 0 Å². The van der Waals surface area contributed by atoms with Gasteiger partial charge in [0.05, 0.1) is 17.6 Å². The van der Waals surface area contributed by atoms with Crippen molar-refractivity contribution >= 4 is 0 Å². The molecule has 2 heteroatoms. The van der Waals surface area contributed by atoms with E-state index in [1.165, 1.54) is 6.42 Å². The number of nitrogens with zero attached hydrogens (tertiary/aromatic N) is 1. The van der Waals surface area contributed by atoms with Crippen LogP contribution in [-0.2, 0) is 0 Å². The van der Waals surface area contributed by atoms with E-state index in [9.17, 15) is 5.11 Å². The standard InChI is InChI=1S/C12H21NO/c1-4-11(8-13)12(14)7-9(2)5-6-10(12)3/h9-11,14H,4-7H2,1-3H3. The lowest BCUT2D eigenvalue weighted by atomic mass is 9.66. The molecule has 2 nitrogen and oxygen atoms in total. The highest BCUT2D eigenvalue weighted by atomic mass is 16.3. The number of aliphatic hydroxyl groups is 1. The van der Waals surface area contributed by atoms with Crippen molar-refractivity contribution in [2.45, 2.75) is 52.1 Å². The van der Waals surface area contributed by atoms with Gasteiger partial charge in [-0.05, 0) is 31.1 Å². The van der Waals surface area contributed by atoms with Crippen molar-refractivity contribution in [3.8, 4) is 6.07 Å². The summed E-state index contributed by atoms with van der Waals surface area (Å²) in [5.41, 5.74) is -0.735. The van der Waals surface area contributed by atoms with Crippen LogP contribution >= 0.6 is 0 Å². The van der Waals surface area contributed by atoms with Gasteiger partial charge in [0.1, 0.15) is 0 Å². The van der Waals surface area contributed by atoms with Crippen LogP contribution in [0.3, 0.4) is 0 Å². The van der Waals surface area contributed by atoms with E-state index in [1.54, 1.807) is 0 Å². The fourth-order valence-corrected chi connectivity index (χ4v) is 2.69. The second-order valence-electron chi connectivity index (χ2n) is 4.87. The van der Waals surface area contributed by atoms with Crippen LogP contribution in [-0.4, -0.2) is 10.7 Å². The molecule has 0 saturated heterocycles. The predicted octanol–water partition coefficient (Wildman–Crippen LogP) is 2.72. The molecule has 1 N–H and O–H groups in total. The molecule has 4 unspecified atom stereocenters. The molecule has 0 aromatic rings. The highest BCUT2D eigenvalue weighted by Gasteiger charge is 2.44. The maximum atomic E-state index is 10.5. The molecule has 1 fully saturated rings. The minimum atomic E-state index is -0.735. The van der Waals surface area contributed by atoms with Gasteiger partial charge in [0.15, 0.2) is 0 Å². The second-order valence-corrected chi connectivity index (χ2v) is 4.87. The minimum Gasteiger partial charge on any atom is -0.388 e. The van der Waals surface area contributed by atoms with Crippen LogP contribution < -0.4 is 0 Å². The highest BCUT2D eigenvalue weighted by molar-refractivity contribution is 5.03. The van der Waals surface area contributed by atoms with E-state index < -0.39 is 5.60 Å². The normalized spacial score (nSPS) is 40.2. The molecule has 0 radical (unpaired) electrons. The third kappa shape index (κ3) is 1.93. The number of hydrogen-bond donors (Lipinski definition) is 1. The Morgan fingerprint density at radius 1 is 1.50 bits per heavy atom. The van der Waals surface area contributed by atoms with Crippen molar-refractivity contribution in [3.63, 3.8) is 0 Å². The molecule has 14 heavy (non-hydrogen) atoms. The summed E-state index contributed by atoms with van der Waals surface area (Å²) in [7, 11) is 0. The molecular weight excluding hydrogens is 174 g/mol. The zero-order chi connectivity index (χ0) is 10.8. The molecule has 1 saturated carbocycles. The summed E-state index contributed by atoms with van der Waals surface area (Å²) >= 11 is 0. The van der Waals surface area contributed by atoms with E-state index in [0.717, 1.165) is 19.3 Å². The average Bonchev–Trinajstić information content (AvgIpc) is 2.14. The summed E-state index contributed by atoms with van der Waals surface area (Å²) in [6.07, 6.45) is 3.78. The van der Waals surface area contributed by atoms with Crippen molar-refractivity contribution in [3.05, 3.63) is 0 Å². The summed E-state index contributed by atoms with van der Waals surface area (Å²) in [4.78, 5) is 0. The molecular formula is C12H21NO. The minimum absolute atomic E-state index is 0.194. The maximum Gasteiger partial charge on any atom is 0.0833 e. The molecule has 0 spiro atoms. The molecule has 1 aliphatic carbocycles. The van der Waals surface area contributed by atoms with Gasteiger partial charge in [-0.1, -0.05) is 27.2 Å². The van der Waals surface area contributed by atoms with Gasteiger partial charge >= 0.3 is 0 Å². The van der Waals surface area contributed by atoms with Crippen LogP contribution in [0.2, 0.25) is 0 Å². The van der Waals surface area contributed by atoms with Crippen LogP contribution in [0.15, 0.2) is 0 Å². The molecule has 0 aromatic carbocycles. The Kier molecular flexibility index (Phi) is 3.55. The molecule has 0 aromatic heterocycles. The van der Waals surface area contributed by atoms with E-state index in [0.29, 0.717) is 5.92 Å². The zero-order valence-corrected chi connectivity index (χ0v) is 9.45. The number of nitriles is 1. The van der Waals surface area contributed by atoms with E-state index >= 15 is 0 Å². The molecule has 1 rings (SSSR count). The largest absolute Gasteiger partial charge is 0.388 e. The van der Waals surface area contributed by atoms with Gasteiger partial charge in [-0.3, -0.25) is 0 Å². The van der Waals surface area contributed by atoms with E-state index in [1.807, 2.05) is 6.92 Å². The molecule has 0 aliphatic heterocycles. The van der Waals surface area contributed by atoms with Gasteiger partial charge in [0, 0.05) is 0 Å². The second kappa shape index (κ2) is 4.31. The van der Waals surface area contributed by atoms with Crippen LogP contribution in [0, 0.1) is 29.1 Å². The van der Waals surface area contributed by atoms with Crippen molar-refractivity contribution in [1.82, 2.24) is 0 Å². The Balaban J connectivity index is 2.83.